The minimum Gasteiger partial charge on any atom is -0.387 e. The first-order valence-corrected chi connectivity index (χ1v) is 18.0. The first kappa shape index (κ1) is 35.7. The fourth-order valence-corrected chi connectivity index (χ4v) is 8.48. The summed E-state index contributed by atoms with van der Waals surface area (Å²) in [5, 5.41) is 41.7. The molecule has 10 N–H and O–H groups in total. The Morgan fingerprint density at radius 2 is 1.22 bits per heavy atom. The number of phosphoric ester groups is 2. The van der Waals surface area contributed by atoms with E-state index in [1.165, 1.54) is 10.9 Å². The summed E-state index contributed by atoms with van der Waals surface area (Å²) in [4.78, 5) is 63.6. The molecule has 4 aromatic heterocycles. The third-order valence-electron chi connectivity index (χ3n) is 7.19. The molecule has 2 aliphatic heterocycles. The highest BCUT2D eigenvalue weighted by Gasteiger charge is 2.49. The molecule has 0 spiro atoms. The van der Waals surface area contributed by atoms with Gasteiger partial charge in [-0.15, -0.1) is 0 Å². The van der Waals surface area contributed by atoms with Gasteiger partial charge in [-0.05, 0) is 0 Å². The molecule has 2 saturated heterocycles. The smallest absolute Gasteiger partial charge is 0.387 e. The van der Waals surface area contributed by atoms with Gasteiger partial charge in [0.15, 0.2) is 35.1 Å². The second kappa shape index (κ2) is 13.2. The molecule has 2 aliphatic rings. The molecule has 6 heterocycles. The van der Waals surface area contributed by atoms with Crippen LogP contribution in [0.15, 0.2) is 30.1 Å². The second-order valence-corrected chi connectivity index (χ2v) is 15.0. The Hall–Kier alpha value is -3.13. The molecule has 0 bridgehead atoms. The van der Waals surface area contributed by atoms with Crippen LogP contribution in [0.2, 0.25) is 0 Å². The summed E-state index contributed by atoms with van der Waals surface area (Å²) >= 11 is 0. The Morgan fingerprint density at radius 1 is 0.735 bits per heavy atom. The van der Waals surface area contributed by atoms with Gasteiger partial charge < -0.3 is 55.3 Å². The number of anilines is 1. The van der Waals surface area contributed by atoms with Gasteiger partial charge in [-0.3, -0.25) is 23.0 Å². The average Bonchev–Trinajstić information content (AvgIpc) is 3.77. The SMILES string of the molecule is Nc1ncnc2c1ncn2[C@@H]1O[C@H](COP(=O)(O)OP(=O)(O)OP(=O)(O)OC[C@H]2O[C@H](n3cnc4c(=O)[nH]cnc43)[C@H](O)[C@@H]2O)[C@@H](O)[C@H]1O. The number of rotatable bonds is 12. The summed E-state index contributed by atoms with van der Waals surface area (Å²) in [6.07, 6.45) is -8.36. The Morgan fingerprint density at radius 3 is 1.76 bits per heavy atom. The van der Waals surface area contributed by atoms with E-state index in [4.69, 9.17) is 15.2 Å². The molecule has 0 radical (unpaired) electrons. The van der Waals surface area contributed by atoms with Crippen LogP contribution in [-0.4, -0.2) is 124 Å². The van der Waals surface area contributed by atoms with Gasteiger partial charge in [-0.25, -0.2) is 38.6 Å². The third-order valence-corrected chi connectivity index (χ3v) is 11.4. The molecular weight excluding hydrogens is 731 g/mol. The van der Waals surface area contributed by atoms with Gasteiger partial charge in [0.05, 0.1) is 32.2 Å². The lowest BCUT2D eigenvalue weighted by atomic mass is 10.1. The number of imidazole rings is 2. The van der Waals surface area contributed by atoms with Crippen LogP contribution in [0.3, 0.4) is 0 Å². The zero-order valence-corrected chi connectivity index (χ0v) is 26.8. The van der Waals surface area contributed by atoms with Crippen LogP contribution in [0.5, 0.6) is 0 Å². The molecule has 4 aromatic rings. The van der Waals surface area contributed by atoms with E-state index in [0.717, 1.165) is 23.5 Å². The molecule has 49 heavy (non-hydrogen) atoms. The van der Waals surface area contributed by atoms with Gasteiger partial charge in [-0.1, -0.05) is 0 Å². The van der Waals surface area contributed by atoms with Gasteiger partial charge in [0, 0.05) is 0 Å². The molecule has 6 rings (SSSR count). The van der Waals surface area contributed by atoms with E-state index >= 15 is 0 Å². The van der Waals surface area contributed by atoms with E-state index in [9.17, 15) is 53.6 Å². The standard InChI is InChI=1S/C20H26N9O17P3/c21-15-9-16(23-3-22-15)28(5-26-9)19-13(32)11(30)7(43-19)1-41-47(35,36)45-49(39,40)46-48(37,38)42-2-8-12(31)14(33)20(44-8)29-6-27-10-17(29)24-4-25-18(10)34/h3-8,11-14,19-20,30-33H,1-2H2,(H,35,36)(H,37,38)(H,39,40)(H2,21,22,23)(H,24,25,34)/t7-,8-,11-,12-,13-,14-,19-,20+/m1/s1. The van der Waals surface area contributed by atoms with Crippen molar-refractivity contribution in [1.29, 1.82) is 0 Å². The molecule has 29 heteroatoms. The molecule has 0 aliphatic carbocycles. The minimum atomic E-state index is -5.95. The molecule has 268 valence electrons. The molecule has 26 nitrogen and oxygen atoms in total. The maximum Gasteiger partial charge on any atom is 0.490 e. The predicted octanol–water partition coefficient (Wildman–Crippen LogP) is -2.85. The lowest BCUT2D eigenvalue weighted by Crippen LogP contribution is -2.33. The fraction of sp³-hybridized carbons (Fsp3) is 0.500. The van der Waals surface area contributed by atoms with Crippen LogP contribution in [0.25, 0.3) is 22.3 Å². The van der Waals surface area contributed by atoms with Gasteiger partial charge in [0.25, 0.3) is 5.56 Å². The van der Waals surface area contributed by atoms with Gasteiger partial charge >= 0.3 is 23.5 Å². The highest BCUT2D eigenvalue weighted by molar-refractivity contribution is 7.66. The van der Waals surface area contributed by atoms with E-state index in [0.29, 0.717) is 0 Å². The van der Waals surface area contributed by atoms with E-state index in [2.05, 4.69) is 47.6 Å². The predicted molar refractivity (Wildman–Crippen MR) is 153 cm³/mol. The minimum absolute atomic E-state index is 0.0114. The maximum atomic E-state index is 12.4. The van der Waals surface area contributed by atoms with Crippen LogP contribution in [0, 0.1) is 0 Å². The lowest BCUT2D eigenvalue weighted by molar-refractivity contribution is -0.0510. The Labute approximate surface area is 270 Å². The highest BCUT2D eigenvalue weighted by atomic mass is 31.3. The van der Waals surface area contributed by atoms with Crippen molar-refractivity contribution in [1.82, 2.24) is 39.0 Å². The molecule has 11 atom stereocenters. The molecule has 2 fully saturated rings. The summed E-state index contributed by atoms with van der Waals surface area (Å²) in [6, 6.07) is 0. The van der Waals surface area contributed by atoms with Crippen molar-refractivity contribution < 1.29 is 75.9 Å². The summed E-state index contributed by atoms with van der Waals surface area (Å²) < 4.78 is 67.7. The van der Waals surface area contributed by atoms with Crippen molar-refractivity contribution in [3.8, 4) is 0 Å². The number of hydrogen-bond donors (Lipinski definition) is 9. The first-order valence-electron chi connectivity index (χ1n) is 13.5. The molecule has 3 unspecified atom stereocenters. The van der Waals surface area contributed by atoms with Crippen molar-refractivity contribution in [2.45, 2.75) is 49.1 Å². The largest absolute Gasteiger partial charge is 0.490 e. The van der Waals surface area contributed by atoms with Crippen LogP contribution in [-0.2, 0) is 40.8 Å². The van der Waals surface area contributed by atoms with Crippen molar-refractivity contribution in [2.24, 2.45) is 0 Å². The first-order chi connectivity index (χ1) is 23.0. The van der Waals surface area contributed by atoms with Crippen molar-refractivity contribution >= 4 is 51.6 Å². The number of H-pyrrole nitrogens is 1. The van der Waals surface area contributed by atoms with Gasteiger partial charge in [0.2, 0.25) is 0 Å². The number of aromatic amines is 1. The number of aliphatic hydroxyl groups excluding tert-OH is 4. The zero-order chi connectivity index (χ0) is 35.5. The number of aliphatic hydroxyl groups is 4. The van der Waals surface area contributed by atoms with Gasteiger partial charge in [0.1, 0.15) is 48.5 Å². The van der Waals surface area contributed by atoms with Crippen LogP contribution < -0.4 is 11.3 Å². The molecule has 0 aromatic carbocycles. The number of nitrogen functional groups attached to an aromatic ring is 1. The highest BCUT2D eigenvalue weighted by Crippen LogP contribution is 2.67. The quantitative estimate of drug-likeness (QED) is 0.0656. The van der Waals surface area contributed by atoms with Crippen molar-refractivity contribution in [3.63, 3.8) is 0 Å². The number of ether oxygens (including phenoxy) is 2. The number of hydrogen-bond acceptors (Lipinski definition) is 20. The summed E-state index contributed by atoms with van der Waals surface area (Å²) in [7, 11) is -17.2. The Balaban J connectivity index is 1.03. The van der Waals surface area contributed by atoms with E-state index in [-0.39, 0.29) is 28.1 Å². The number of nitrogens with two attached hydrogens (primary N) is 1. The summed E-state index contributed by atoms with van der Waals surface area (Å²) in [5.74, 6) is 0.0114. The lowest BCUT2D eigenvalue weighted by Gasteiger charge is -2.21. The second-order valence-electron chi connectivity index (χ2n) is 10.4. The van der Waals surface area contributed by atoms with Crippen molar-refractivity contribution in [2.75, 3.05) is 18.9 Å². The summed E-state index contributed by atoms with van der Waals surface area (Å²) in [6.45, 7) is -2.09. The normalized spacial score (nSPS) is 31.2. The van der Waals surface area contributed by atoms with E-state index in [1.54, 1.807) is 0 Å². The van der Waals surface area contributed by atoms with Crippen LogP contribution in [0.1, 0.15) is 12.5 Å². The number of phosphoric acid groups is 3. The fourth-order valence-electron chi connectivity index (χ4n) is 4.96. The Bertz CT molecular complexity index is 2060. The van der Waals surface area contributed by atoms with Gasteiger partial charge in [-0.2, -0.15) is 8.62 Å². The number of fused-ring (bicyclic) bond motifs is 2. The summed E-state index contributed by atoms with van der Waals surface area (Å²) in [5.41, 5.74) is 5.23. The molecule has 0 saturated carbocycles. The molecule has 0 amide bonds. The van der Waals surface area contributed by atoms with E-state index in [1.807, 2.05) is 0 Å². The maximum absolute atomic E-state index is 12.4. The van der Waals surface area contributed by atoms with Crippen molar-refractivity contribution in [3.05, 3.63) is 35.7 Å². The Kier molecular flexibility index (Phi) is 9.62. The molecular formula is C20H26N9O17P3. The monoisotopic (exact) mass is 757 g/mol. The topological polar surface area (TPSA) is 381 Å². The third kappa shape index (κ3) is 7.22. The number of nitrogens with one attached hydrogen (secondary N) is 1. The number of aromatic nitrogens is 8. The van der Waals surface area contributed by atoms with Crippen LogP contribution >= 0.6 is 23.5 Å². The van der Waals surface area contributed by atoms with Crippen LogP contribution in [0.4, 0.5) is 5.82 Å². The average molecular weight is 757 g/mol. The zero-order valence-electron chi connectivity index (χ0n) is 24.1. The number of nitrogens with zero attached hydrogens (tertiary/aromatic N) is 7. The van der Waals surface area contributed by atoms with E-state index < -0.39 is 91.3 Å².